The summed E-state index contributed by atoms with van der Waals surface area (Å²) in [5, 5.41) is 0. The fourth-order valence-corrected chi connectivity index (χ4v) is 1.73. The molecule has 3 heteroatoms. The van der Waals surface area contributed by atoms with Gasteiger partial charge in [0.25, 0.3) is 0 Å². The molecular weight excluding hydrogens is 186 g/mol. The molecule has 0 atom stereocenters. The Morgan fingerprint density at radius 3 is 2.21 bits per heavy atom. The molecule has 0 spiro atoms. The van der Waals surface area contributed by atoms with Crippen LogP contribution in [0, 0.1) is 5.92 Å². The molecule has 0 amide bonds. The fourth-order valence-electron chi connectivity index (χ4n) is 1.73. The number of hydrogen-bond donors (Lipinski definition) is 0. The Bertz CT molecular complexity index is 242. The summed E-state index contributed by atoms with van der Waals surface area (Å²) in [6.07, 6.45) is 1.94. The zero-order valence-corrected chi connectivity index (χ0v) is 8.65. The molecule has 0 aliphatic heterocycles. The zero-order valence-electron chi connectivity index (χ0n) is 8.65. The van der Waals surface area contributed by atoms with Crippen LogP contribution in [0.15, 0.2) is 11.6 Å². The summed E-state index contributed by atoms with van der Waals surface area (Å²) in [6, 6.07) is 0. The standard InChI is InChI=1S/C11H16F2O/c1-8(2)7-10(14)9-3-5-11(12,13)6-4-9/h7,9H,3-6H2,1-2H3. The molecule has 0 aromatic heterocycles. The zero-order chi connectivity index (χ0) is 10.8. The van der Waals surface area contributed by atoms with Crippen molar-refractivity contribution in [1.82, 2.24) is 0 Å². The molecule has 1 rings (SSSR count). The van der Waals surface area contributed by atoms with E-state index in [0.29, 0.717) is 12.8 Å². The Hall–Kier alpha value is -0.730. The van der Waals surface area contributed by atoms with Crippen LogP contribution in [-0.2, 0) is 4.79 Å². The van der Waals surface area contributed by atoms with Gasteiger partial charge < -0.3 is 0 Å². The maximum absolute atomic E-state index is 12.8. The van der Waals surface area contributed by atoms with E-state index in [9.17, 15) is 13.6 Å². The van der Waals surface area contributed by atoms with Gasteiger partial charge >= 0.3 is 0 Å². The van der Waals surface area contributed by atoms with Crippen LogP contribution in [0.2, 0.25) is 0 Å². The molecule has 1 aliphatic carbocycles. The van der Waals surface area contributed by atoms with E-state index < -0.39 is 5.92 Å². The van der Waals surface area contributed by atoms with Gasteiger partial charge in [0, 0.05) is 18.8 Å². The van der Waals surface area contributed by atoms with Crippen LogP contribution in [0.1, 0.15) is 39.5 Å². The third kappa shape index (κ3) is 3.20. The third-order valence-corrected chi connectivity index (χ3v) is 2.55. The van der Waals surface area contributed by atoms with E-state index in [0.717, 1.165) is 5.57 Å². The summed E-state index contributed by atoms with van der Waals surface area (Å²) in [6.45, 7) is 3.69. The highest BCUT2D eigenvalue weighted by Gasteiger charge is 2.36. The van der Waals surface area contributed by atoms with Gasteiger partial charge in [-0.05, 0) is 32.8 Å². The highest BCUT2D eigenvalue weighted by Crippen LogP contribution is 2.36. The molecule has 0 N–H and O–H groups in total. The summed E-state index contributed by atoms with van der Waals surface area (Å²) >= 11 is 0. The third-order valence-electron chi connectivity index (χ3n) is 2.55. The SMILES string of the molecule is CC(C)=CC(=O)C1CCC(F)(F)CC1. The fraction of sp³-hybridized carbons (Fsp3) is 0.727. The Balaban J connectivity index is 2.50. The normalized spacial score (nSPS) is 21.7. The van der Waals surface area contributed by atoms with E-state index in [2.05, 4.69) is 0 Å². The summed E-state index contributed by atoms with van der Waals surface area (Å²) in [5.41, 5.74) is 0.937. The van der Waals surface area contributed by atoms with Gasteiger partial charge in [-0.25, -0.2) is 8.78 Å². The van der Waals surface area contributed by atoms with Crippen LogP contribution in [0.5, 0.6) is 0 Å². The van der Waals surface area contributed by atoms with Crippen LogP contribution in [0.25, 0.3) is 0 Å². The minimum absolute atomic E-state index is 0.0144. The van der Waals surface area contributed by atoms with Gasteiger partial charge in [-0.15, -0.1) is 0 Å². The van der Waals surface area contributed by atoms with E-state index in [1.165, 1.54) is 0 Å². The lowest BCUT2D eigenvalue weighted by atomic mass is 9.84. The van der Waals surface area contributed by atoms with Crippen molar-refractivity contribution in [2.24, 2.45) is 5.92 Å². The van der Waals surface area contributed by atoms with E-state index in [4.69, 9.17) is 0 Å². The summed E-state index contributed by atoms with van der Waals surface area (Å²) in [5.74, 6) is -2.70. The second-order valence-corrected chi connectivity index (χ2v) is 4.25. The molecule has 1 aliphatic rings. The van der Waals surface area contributed by atoms with Gasteiger partial charge in [-0.2, -0.15) is 0 Å². The predicted molar refractivity (Wildman–Crippen MR) is 51.3 cm³/mol. The van der Waals surface area contributed by atoms with Gasteiger partial charge in [0.2, 0.25) is 5.92 Å². The molecule has 1 saturated carbocycles. The Morgan fingerprint density at radius 2 is 1.79 bits per heavy atom. The van der Waals surface area contributed by atoms with Crippen LogP contribution in [0.4, 0.5) is 8.78 Å². The molecular formula is C11H16F2O. The summed E-state index contributed by atoms with van der Waals surface area (Å²) in [7, 11) is 0. The van der Waals surface area contributed by atoms with Crippen LogP contribution < -0.4 is 0 Å². The maximum Gasteiger partial charge on any atom is 0.248 e. The van der Waals surface area contributed by atoms with E-state index >= 15 is 0 Å². The smallest absolute Gasteiger partial charge is 0.248 e. The molecule has 1 fully saturated rings. The van der Waals surface area contributed by atoms with Crippen molar-refractivity contribution in [2.75, 3.05) is 0 Å². The number of carbonyl (C=O) groups is 1. The van der Waals surface area contributed by atoms with Crippen molar-refractivity contribution >= 4 is 5.78 Å². The number of allylic oxidation sites excluding steroid dienone is 2. The molecule has 0 heterocycles. The monoisotopic (exact) mass is 202 g/mol. The minimum Gasteiger partial charge on any atom is -0.295 e. The van der Waals surface area contributed by atoms with Gasteiger partial charge in [-0.1, -0.05) is 5.57 Å². The molecule has 0 aromatic carbocycles. The van der Waals surface area contributed by atoms with Gasteiger partial charge in [0.15, 0.2) is 5.78 Å². The lowest BCUT2D eigenvalue weighted by Crippen LogP contribution is -2.28. The number of carbonyl (C=O) groups excluding carboxylic acids is 1. The average Bonchev–Trinajstić information content (AvgIpc) is 2.02. The molecule has 1 nitrogen and oxygen atoms in total. The van der Waals surface area contributed by atoms with Crippen molar-refractivity contribution < 1.29 is 13.6 Å². The first-order valence-corrected chi connectivity index (χ1v) is 4.97. The lowest BCUT2D eigenvalue weighted by molar-refractivity contribution is -0.122. The number of ketones is 1. The first kappa shape index (κ1) is 11.3. The van der Waals surface area contributed by atoms with Gasteiger partial charge in [-0.3, -0.25) is 4.79 Å². The maximum atomic E-state index is 12.8. The topological polar surface area (TPSA) is 17.1 Å². The first-order valence-electron chi connectivity index (χ1n) is 4.97. The lowest BCUT2D eigenvalue weighted by Gasteiger charge is -2.26. The van der Waals surface area contributed by atoms with Crippen molar-refractivity contribution in [3.8, 4) is 0 Å². The van der Waals surface area contributed by atoms with E-state index in [1.54, 1.807) is 6.08 Å². The molecule has 0 radical (unpaired) electrons. The molecule has 0 saturated heterocycles. The highest BCUT2D eigenvalue weighted by atomic mass is 19.3. The number of alkyl halides is 2. The van der Waals surface area contributed by atoms with Crippen molar-refractivity contribution in [2.45, 2.75) is 45.5 Å². The summed E-state index contributed by atoms with van der Waals surface area (Å²) < 4.78 is 25.6. The molecule has 80 valence electrons. The van der Waals surface area contributed by atoms with Crippen LogP contribution in [0.3, 0.4) is 0 Å². The molecule has 14 heavy (non-hydrogen) atoms. The van der Waals surface area contributed by atoms with Crippen LogP contribution >= 0.6 is 0 Å². The Labute approximate surface area is 83.2 Å². The number of halogens is 2. The second-order valence-electron chi connectivity index (χ2n) is 4.25. The molecule has 0 bridgehead atoms. The molecule has 0 aromatic rings. The van der Waals surface area contributed by atoms with Crippen molar-refractivity contribution in [1.29, 1.82) is 0 Å². The minimum atomic E-state index is -2.54. The quantitative estimate of drug-likeness (QED) is 0.627. The Kier molecular flexibility index (Phi) is 3.40. The average molecular weight is 202 g/mol. The number of hydrogen-bond acceptors (Lipinski definition) is 1. The van der Waals surface area contributed by atoms with Crippen LogP contribution in [-0.4, -0.2) is 11.7 Å². The highest BCUT2D eigenvalue weighted by molar-refractivity contribution is 5.92. The number of rotatable bonds is 2. The first-order chi connectivity index (χ1) is 6.41. The van der Waals surface area contributed by atoms with E-state index in [1.807, 2.05) is 13.8 Å². The van der Waals surface area contributed by atoms with E-state index in [-0.39, 0.29) is 24.5 Å². The predicted octanol–water partition coefficient (Wildman–Crippen LogP) is 3.35. The molecule has 0 unspecified atom stereocenters. The van der Waals surface area contributed by atoms with Crippen molar-refractivity contribution in [3.05, 3.63) is 11.6 Å². The summed E-state index contributed by atoms with van der Waals surface area (Å²) in [4.78, 5) is 11.5. The Morgan fingerprint density at radius 1 is 1.29 bits per heavy atom. The van der Waals surface area contributed by atoms with Gasteiger partial charge in [0.05, 0.1) is 0 Å². The second kappa shape index (κ2) is 4.20. The van der Waals surface area contributed by atoms with Gasteiger partial charge in [0.1, 0.15) is 0 Å². The largest absolute Gasteiger partial charge is 0.295 e. The van der Waals surface area contributed by atoms with Crippen molar-refractivity contribution in [3.63, 3.8) is 0 Å².